The zero-order valence-electron chi connectivity index (χ0n) is 21.1. The Morgan fingerprint density at radius 3 is 2.21 bits per heavy atom. The Morgan fingerprint density at radius 1 is 1.03 bits per heavy atom. The van der Waals surface area contributed by atoms with Crippen molar-refractivity contribution in [1.29, 1.82) is 0 Å². The van der Waals surface area contributed by atoms with Gasteiger partial charge in [-0.25, -0.2) is 9.78 Å². The second-order valence-electron chi connectivity index (χ2n) is 9.18. The van der Waals surface area contributed by atoms with Crippen LogP contribution in [0.2, 0.25) is 0 Å². The molecule has 2 aromatic heterocycles. The first-order chi connectivity index (χ1) is 18.0. The number of rotatable bonds is 5. The van der Waals surface area contributed by atoms with E-state index in [9.17, 15) is 36.2 Å². The summed E-state index contributed by atoms with van der Waals surface area (Å²) in [7, 11) is 3.08. The number of oxazole rings is 1. The summed E-state index contributed by atoms with van der Waals surface area (Å²) in [4.78, 5) is 20.4. The SMILES string of the molecule is Cc1[nH]c2ccc(C(O)(C(F)(F)F)C(F)(F)F)cc2c1Cc1nc(-c2ccc(OC(=O)N(C)C)cc2)oc1C. The molecular weight excluding hydrogens is 532 g/mol. The van der Waals surface area contributed by atoms with Crippen LogP contribution in [0, 0.1) is 13.8 Å². The van der Waals surface area contributed by atoms with Crippen LogP contribution in [0.15, 0.2) is 46.9 Å². The fourth-order valence-electron chi connectivity index (χ4n) is 4.06. The summed E-state index contributed by atoms with van der Waals surface area (Å²) < 4.78 is 91.6. The highest BCUT2D eigenvalue weighted by Gasteiger charge is 2.71. The maximum absolute atomic E-state index is 13.5. The molecule has 0 atom stereocenters. The second kappa shape index (κ2) is 9.63. The number of ether oxygens (including phenoxy) is 1. The molecule has 0 unspecified atom stereocenters. The Morgan fingerprint density at radius 2 is 1.64 bits per heavy atom. The van der Waals surface area contributed by atoms with Crippen molar-refractivity contribution in [1.82, 2.24) is 14.9 Å². The molecule has 0 bridgehead atoms. The number of aromatic amines is 1. The normalized spacial score (nSPS) is 12.7. The van der Waals surface area contributed by atoms with Crippen molar-refractivity contribution in [3.8, 4) is 17.2 Å². The maximum Gasteiger partial charge on any atom is 0.430 e. The number of carbonyl (C=O) groups is 1. The van der Waals surface area contributed by atoms with Gasteiger partial charge in [-0.3, -0.25) is 0 Å². The Kier molecular flexibility index (Phi) is 6.92. The molecule has 0 aliphatic carbocycles. The average Bonchev–Trinajstić information content (AvgIpc) is 3.36. The fraction of sp³-hybridized carbons (Fsp3) is 0.308. The van der Waals surface area contributed by atoms with Gasteiger partial charge in [-0.1, -0.05) is 6.07 Å². The summed E-state index contributed by atoms with van der Waals surface area (Å²) in [5.41, 5.74) is -4.24. The van der Waals surface area contributed by atoms with Crippen LogP contribution in [0.4, 0.5) is 31.1 Å². The first-order valence-electron chi connectivity index (χ1n) is 11.5. The molecule has 0 aliphatic rings. The standard InChI is InChI=1S/C26H23F6N3O4/c1-13-18(19-11-16(7-10-20(19)33-13)24(37,25(27,28)29)26(30,31)32)12-21-14(2)38-22(34-21)15-5-8-17(9-6-15)39-23(36)35(3)4/h5-11,33,37H,12H2,1-4H3. The molecule has 208 valence electrons. The molecule has 0 radical (unpaired) electrons. The minimum absolute atomic E-state index is 0.0274. The van der Waals surface area contributed by atoms with E-state index >= 15 is 0 Å². The van der Waals surface area contributed by atoms with Gasteiger partial charge in [0.05, 0.1) is 5.69 Å². The van der Waals surface area contributed by atoms with E-state index in [1.165, 1.54) is 19.0 Å². The summed E-state index contributed by atoms with van der Waals surface area (Å²) >= 11 is 0. The highest BCUT2D eigenvalue weighted by Crippen LogP contribution is 2.50. The number of nitrogens with zero attached hydrogens (tertiary/aromatic N) is 2. The van der Waals surface area contributed by atoms with Gasteiger partial charge in [0.25, 0.3) is 5.60 Å². The minimum Gasteiger partial charge on any atom is -0.441 e. The monoisotopic (exact) mass is 555 g/mol. The summed E-state index contributed by atoms with van der Waals surface area (Å²) in [6, 6.07) is 8.68. The molecule has 2 heterocycles. The van der Waals surface area contributed by atoms with E-state index in [2.05, 4.69) is 9.97 Å². The lowest BCUT2D eigenvalue weighted by molar-refractivity contribution is -0.376. The molecule has 13 heteroatoms. The quantitative estimate of drug-likeness (QED) is 0.278. The van der Waals surface area contributed by atoms with Gasteiger partial charge in [-0.15, -0.1) is 0 Å². The summed E-state index contributed by atoms with van der Waals surface area (Å²) in [6.07, 6.45) is -12.5. The molecule has 7 nitrogen and oxygen atoms in total. The fourth-order valence-corrected chi connectivity index (χ4v) is 4.06. The number of aliphatic hydroxyl groups is 1. The molecule has 0 aliphatic heterocycles. The van der Waals surface area contributed by atoms with Crippen molar-refractivity contribution in [3.63, 3.8) is 0 Å². The number of hydrogen-bond donors (Lipinski definition) is 2. The third kappa shape index (κ3) is 5.05. The predicted octanol–water partition coefficient (Wildman–Crippen LogP) is 6.40. The van der Waals surface area contributed by atoms with Crippen molar-refractivity contribution >= 4 is 17.0 Å². The van der Waals surface area contributed by atoms with Crippen molar-refractivity contribution < 1.29 is 45.4 Å². The van der Waals surface area contributed by atoms with Gasteiger partial charge in [-0.2, -0.15) is 26.3 Å². The van der Waals surface area contributed by atoms with Gasteiger partial charge in [-0.05, 0) is 55.8 Å². The Balaban J connectivity index is 1.68. The number of hydrogen-bond acceptors (Lipinski definition) is 5. The lowest BCUT2D eigenvalue weighted by Gasteiger charge is -2.32. The number of alkyl halides is 6. The number of H-pyrrole nitrogens is 1. The molecule has 1 amide bonds. The molecule has 39 heavy (non-hydrogen) atoms. The Bertz CT molecular complexity index is 1500. The van der Waals surface area contributed by atoms with Crippen LogP contribution in [0.3, 0.4) is 0 Å². The number of amides is 1. The van der Waals surface area contributed by atoms with E-state index in [4.69, 9.17) is 9.15 Å². The molecule has 0 spiro atoms. The van der Waals surface area contributed by atoms with E-state index in [0.29, 0.717) is 51.7 Å². The molecule has 2 aromatic carbocycles. The van der Waals surface area contributed by atoms with Crippen LogP contribution in [0.25, 0.3) is 22.4 Å². The zero-order chi connectivity index (χ0) is 28.9. The third-order valence-corrected chi connectivity index (χ3v) is 6.27. The van der Waals surface area contributed by atoms with E-state index in [0.717, 1.165) is 6.07 Å². The molecule has 4 aromatic rings. The van der Waals surface area contributed by atoms with E-state index < -0.39 is 29.6 Å². The smallest absolute Gasteiger partial charge is 0.430 e. The lowest BCUT2D eigenvalue weighted by Crippen LogP contribution is -2.53. The Labute approximate surface area is 218 Å². The zero-order valence-corrected chi connectivity index (χ0v) is 21.1. The highest BCUT2D eigenvalue weighted by atomic mass is 19.4. The van der Waals surface area contributed by atoms with E-state index in [-0.39, 0.29) is 17.7 Å². The van der Waals surface area contributed by atoms with Crippen LogP contribution in [0.1, 0.15) is 28.3 Å². The van der Waals surface area contributed by atoms with Gasteiger partial charge >= 0.3 is 18.4 Å². The van der Waals surface area contributed by atoms with Crippen LogP contribution in [-0.2, 0) is 12.0 Å². The van der Waals surface area contributed by atoms with E-state index in [1.54, 1.807) is 38.1 Å². The number of halogens is 6. The second-order valence-corrected chi connectivity index (χ2v) is 9.18. The molecule has 0 saturated heterocycles. The van der Waals surface area contributed by atoms with Crippen molar-refractivity contribution in [2.75, 3.05) is 14.1 Å². The Hall–Kier alpha value is -4.00. The van der Waals surface area contributed by atoms with Crippen molar-refractivity contribution in [2.45, 2.75) is 38.2 Å². The highest BCUT2D eigenvalue weighted by molar-refractivity contribution is 5.86. The first-order valence-corrected chi connectivity index (χ1v) is 11.5. The van der Waals surface area contributed by atoms with Crippen molar-refractivity contribution in [3.05, 3.63) is 70.7 Å². The van der Waals surface area contributed by atoms with Crippen molar-refractivity contribution in [2.24, 2.45) is 0 Å². The van der Waals surface area contributed by atoms with Crippen LogP contribution >= 0.6 is 0 Å². The number of carbonyl (C=O) groups excluding carboxylic acids is 1. The minimum atomic E-state index is -6.00. The largest absolute Gasteiger partial charge is 0.441 e. The van der Waals surface area contributed by atoms with Crippen LogP contribution in [0.5, 0.6) is 5.75 Å². The topological polar surface area (TPSA) is 91.6 Å². The summed E-state index contributed by atoms with van der Waals surface area (Å²) in [6.45, 7) is 3.25. The molecule has 2 N–H and O–H groups in total. The number of aryl methyl sites for hydroxylation is 2. The van der Waals surface area contributed by atoms with Gasteiger partial charge in [0.15, 0.2) is 0 Å². The molecule has 0 fully saturated rings. The first kappa shape index (κ1) is 28.0. The van der Waals surface area contributed by atoms with Crippen LogP contribution < -0.4 is 4.74 Å². The van der Waals surface area contributed by atoms with E-state index in [1.807, 2.05) is 0 Å². The third-order valence-electron chi connectivity index (χ3n) is 6.27. The molecule has 4 rings (SSSR count). The average molecular weight is 555 g/mol. The summed E-state index contributed by atoms with van der Waals surface area (Å²) in [5.74, 6) is 0.902. The number of aromatic nitrogens is 2. The summed E-state index contributed by atoms with van der Waals surface area (Å²) in [5, 5.41) is 9.93. The molecule has 0 saturated carbocycles. The number of nitrogens with one attached hydrogen (secondary N) is 1. The van der Waals surface area contributed by atoms with Gasteiger partial charge in [0, 0.05) is 48.2 Å². The number of fused-ring (bicyclic) bond motifs is 1. The van der Waals surface area contributed by atoms with Gasteiger partial charge < -0.3 is 24.1 Å². The van der Waals surface area contributed by atoms with Gasteiger partial charge in [0.2, 0.25) is 5.89 Å². The molecular formula is C26H23F6N3O4. The van der Waals surface area contributed by atoms with Gasteiger partial charge in [0.1, 0.15) is 11.5 Å². The maximum atomic E-state index is 13.5. The number of benzene rings is 2. The predicted molar refractivity (Wildman–Crippen MR) is 128 cm³/mol. The lowest BCUT2D eigenvalue weighted by atomic mass is 9.90. The van der Waals surface area contributed by atoms with Crippen LogP contribution in [-0.4, -0.2) is 52.5 Å².